The van der Waals surface area contributed by atoms with Gasteiger partial charge in [0.15, 0.2) is 0 Å². The highest BCUT2D eigenvalue weighted by Gasteiger charge is 2.18. The van der Waals surface area contributed by atoms with E-state index in [9.17, 15) is 9.59 Å². The maximum Gasteiger partial charge on any atom is 0.259 e. The summed E-state index contributed by atoms with van der Waals surface area (Å²) in [6.07, 6.45) is 1.64. The number of carbonyl (C=O) groups excluding carboxylic acids is 1. The fourth-order valence-electron chi connectivity index (χ4n) is 3.86. The Labute approximate surface area is 194 Å². The fourth-order valence-corrected chi connectivity index (χ4v) is 3.86. The number of hydrogen-bond donors (Lipinski definition) is 1. The number of hydrogen-bond acceptors (Lipinski definition) is 6. The molecular formula is C26H21N5O3. The fraction of sp³-hybridized carbons (Fsp3) is 0.115. The van der Waals surface area contributed by atoms with Gasteiger partial charge in [0, 0.05) is 17.6 Å². The van der Waals surface area contributed by atoms with Gasteiger partial charge in [-0.2, -0.15) is 4.98 Å². The van der Waals surface area contributed by atoms with Gasteiger partial charge in [-0.05, 0) is 30.7 Å². The van der Waals surface area contributed by atoms with Crippen LogP contribution in [0.15, 0.2) is 94.4 Å². The van der Waals surface area contributed by atoms with Crippen molar-refractivity contribution in [3.63, 3.8) is 0 Å². The first-order valence-electron chi connectivity index (χ1n) is 10.8. The second-order valence-corrected chi connectivity index (χ2v) is 7.84. The van der Waals surface area contributed by atoms with Gasteiger partial charge in [-0.15, -0.1) is 0 Å². The van der Waals surface area contributed by atoms with Gasteiger partial charge in [0.05, 0.1) is 17.1 Å². The van der Waals surface area contributed by atoms with Gasteiger partial charge in [0.25, 0.3) is 11.4 Å². The van der Waals surface area contributed by atoms with Crippen LogP contribution >= 0.6 is 0 Å². The van der Waals surface area contributed by atoms with E-state index >= 15 is 0 Å². The van der Waals surface area contributed by atoms with E-state index < -0.39 is 0 Å². The van der Waals surface area contributed by atoms with Crippen LogP contribution in [0, 0.1) is 0 Å². The molecule has 0 aliphatic heterocycles. The third kappa shape index (κ3) is 4.21. The van der Waals surface area contributed by atoms with Crippen molar-refractivity contribution in [3.8, 4) is 23.0 Å². The molecule has 8 nitrogen and oxygen atoms in total. The summed E-state index contributed by atoms with van der Waals surface area (Å²) < 4.78 is 6.91. The Bertz CT molecular complexity index is 1510. The molecule has 1 unspecified atom stereocenters. The topological polar surface area (TPSA) is 103 Å². The number of nitrogens with one attached hydrogen (secondary N) is 1. The number of amides is 1. The lowest BCUT2D eigenvalue weighted by Crippen LogP contribution is -2.33. The van der Waals surface area contributed by atoms with Gasteiger partial charge in [-0.3, -0.25) is 19.1 Å². The SMILES string of the molecule is CC(NC(=O)Cn1c(=O)cc(-c2nc(-c3ccccn3)no2)c2ccccc21)c1ccccc1. The molecule has 0 aliphatic carbocycles. The molecule has 34 heavy (non-hydrogen) atoms. The van der Waals surface area contributed by atoms with Crippen molar-refractivity contribution in [2.75, 3.05) is 0 Å². The average Bonchev–Trinajstić information content (AvgIpc) is 3.37. The van der Waals surface area contributed by atoms with Crippen molar-refractivity contribution in [3.05, 3.63) is 101 Å². The van der Waals surface area contributed by atoms with Crippen molar-refractivity contribution in [2.45, 2.75) is 19.5 Å². The minimum Gasteiger partial charge on any atom is -0.348 e. The van der Waals surface area contributed by atoms with Gasteiger partial charge in [0.1, 0.15) is 12.2 Å². The first kappa shape index (κ1) is 21.3. The third-order valence-corrected chi connectivity index (χ3v) is 5.55. The van der Waals surface area contributed by atoms with Crippen molar-refractivity contribution in [1.29, 1.82) is 0 Å². The smallest absolute Gasteiger partial charge is 0.259 e. The summed E-state index contributed by atoms with van der Waals surface area (Å²) in [6.45, 7) is 1.80. The van der Waals surface area contributed by atoms with Crippen LogP contribution in [0.1, 0.15) is 18.5 Å². The number of fused-ring (bicyclic) bond motifs is 1. The van der Waals surface area contributed by atoms with E-state index in [0.29, 0.717) is 22.6 Å². The predicted octanol–water partition coefficient (Wildman–Crippen LogP) is 3.99. The first-order valence-corrected chi connectivity index (χ1v) is 10.8. The number of para-hydroxylation sites is 1. The van der Waals surface area contributed by atoms with E-state index in [1.54, 1.807) is 24.4 Å². The Morgan fingerprint density at radius 2 is 1.79 bits per heavy atom. The van der Waals surface area contributed by atoms with Crippen LogP contribution in [0.25, 0.3) is 33.9 Å². The van der Waals surface area contributed by atoms with Crippen LogP contribution in [-0.2, 0) is 11.3 Å². The maximum atomic E-state index is 13.1. The molecule has 1 atom stereocenters. The van der Waals surface area contributed by atoms with Gasteiger partial charge < -0.3 is 9.84 Å². The molecule has 5 rings (SSSR count). The van der Waals surface area contributed by atoms with E-state index in [4.69, 9.17) is 4.52 Å². The molecule has 0 saturated heterocycles. The second kappa shape index (κ2) is 9.11. The van der Waals surface area contributed by atoms with E-state index in [-0.39, 0.29) is 29.9 Å². The highest BCUT2D eigenvalue weighted by atomic mass is 16.5. The largest absolute Gasteiger partial charge is 0.348 e. The van der Waals surface area contributed by atoms with Gasteiger partial charge in [-0.25, -0.2) is 0 Å². The van der Waals surface area contributed by atoms with Crippen LogP contribution < -0.4 is 10.9 Å². The number of rotatable bonds is 6. The molecule has 0 aliphatic rings. The Morgan fingerprint density at radius 1 is 1.03 bits per heavy atom. The lowest BCUT2D eigenvalue weighted by atomic mass is 10.1. The average molecular weight is 451 g/mol. The number of pyridine rings is 2. The van der Waals surface area contributed by atoms with Crippen molar-refractivity contribution >= 4 is 16.8 Å². The van der Waals surface area contributed by atoms with Crippen LogP contribution in [0.2, 0.25) is 0 Å². The lowest BCUT2D eigenvalue weighted by molar-refractivity contribution is -0.122. The van der Waals surface area contributed by atoms with Crippen LogP contribution in [-0.4, -0.2) is 25.6 Å². The number of benzene rings is 2. The number of aromatic nitrogens is 4. The predicted molar refractivity (Wildman–Crippen MR) is 128 cm³/mol. The van der Waals surface area contributed by atoms with E-state index in [1.165, 1.54) is 10.6 Å². The Balaban J connectivity index is 1.47. The molecular weight excluding hydrogens is 430 g/mol. The molecule has 5 aromatic rings. The zero-order chi connectivity index (χ0) is 23.5. The summed E-state index contributed by atoms with van der Waals surface area (Å²) >= 11 is 0. The molecule has 0 saturated carbocycles. The van der Waals surface area contributed by atoms with E-state index in [2.05, 4.69) is 20.4 Å². The minimum absolute atomic E-state index is 0.111. The summed E-state index contributed by atoms with van der Waals surface area (Å²) in [6, 6.07) is 23.6. The standard InChI is InChI=1S/C26H21N5O3/c1-17(18-9-3-2-4-10-18)28-23(32)16-31-22-13-6-5-11-19(22)20(15-24(31)33)26-29-25(30-34-26)21-12-7-8-14-27-21/h2-15,17H,16H2,1H3,(H,28,32). The molecule has 168 valence electrons. The van der Waals surface area contributed by atoms with Crippen molar-refractivity contribution < 1.29 is 9.32 Å². The molecule has 8 heteroatoms. The number of carbonyl (C=O) groups is 1. The molecule has 0 spiro atoms. The van der Waals surface area contributed by atoms with Gasteiger partial charge in [-0.1, -0.05) is 59.8 Å². The Morgan fingerprint density at radius 3 is 2.59 bits per heavy atom. The number of nitrogens with zero attached hydrogens (tertiary/aromatic N) is 4. The molecule has 0 fully saturated rings. The molecule has 3 aromatic heterocycles. The van der Waals surface area contributed by atoms with Gasteiger partial charge >= 0.3 is 0 Å². The lowest BCUT2D eigenvalue weighted by Gasteiger charge is -2.16. The molecule has 3 heterocycles. The Hall–Kier alpha value is -4.59. The third-order valence-electron chi connectivity index (χ3n) is 5.55. The molecule has 1 amide bonds. The molecule has 0 bridgehead atoms. The van der Waals surface area contributed by atoms with Crippen LogP contribution in [0.4, 0.5) is 0 Å². The highest BCUT2D eigenvalue weighted by molar-refractivity contribution is 5.93. The normalized spacial score (nSPS) is 11.9. The zero-order valence-corrected chi connectivity index (χ0v) is 18.4. The van der Waals surface area contributed by atoms with Crippen molar-refractivity contribution in [1.82, 2.24) is 25.0 Å². The monoisotopic (exact) mass is 451 g/mol. The van der Waals surface area contributed by atoms with Crippen LogP contribution in [0.5, 0.6) is 0 Å². The minimum atomic E-state index is -0.339. The van der Waals surface area contributed by atoms with Crippen molar-refractivity contribution in [2.24, 2.45) is 0 Å². The molecule has 2 aromatic carbocycles. The summed E-state index contributed by atoms with van der Waals surface area (Å²) in [5.74, 6) is 0.285. The Kier molecular flexibility index (Phi) is 5.70. The quantitative estimate of drug-likeness (QED) is 0.419. The first-order chi connectivity index (χ1) is 16.6. The molecule has 1 N–H and O–H groups in total. The zero-order valence-electron chi connectivity index (χ0n) is 18.4. The van der Waals surface area contributed by atoms with Gasteiger partial charge in [0.2, 0.25) is 11.7 Å². The summed E-state index contributed by atoms with van der Waals surface area (Å²) in [4.78, 5) is 34.5. The van der Waals surface area contributed by atoms with E-state index in [1.807, 2.05) is 61.5 Å². The second-order valence-electron chi connectivity index (χ2n) is 7.84. The summed E-state index contributed by atoms with van der Waals surface area (Å²) in [5, 5.41) is 7.69. The van der Waals surface area contributed by atoms with Crippen LogP contribution in [0.3, 0.4) is 0 Å². The summed E-state index contributed by atoms with van der Waals surface area (Å²) in [5.41, 5.74) is 2.33. The summed E-state index contributed by atoms with van der Waals surface area (Å²) in [7, 11) is 0. The highest BCUT2D eigenvalue weighted by Crippen LogP contribution is 2.27. The van der Waals surface area contributed by atoms with E-state index in [0.717, 1.165) is 10.9 Å². The molecule has 0 radical (unpaired) electrons. The maximum absolute atomic E-state index is 13.1.